The number of fused-ring (bicyclic) bond motifs is 3. The van der Waals surface area contributed by atoms with Crippen molar-refractivity contribution in [2.75, 3.05) is 9.44 Å². The lowest BCUT2D eigenvalue weighted by atomic mass is 10.0. The van der Waals surface area contributed by atoms with Gasteiger partial charge in [-0.3, -0.25) is 9.44 Å². The average Bonchev–Trinajstić information content (AvgIpc) is 3.15. The maximum atomic E-state index is 13.1. The van der Waals surface area contributed by atoms with Gasteiger partial charge < -0.3 is 15.3 Å². The Morgan fingerprint density at radius 2 is 1.05 bits per heavy atom. The van der Waals surface area contributed by atoms with Crippen LogP contribution < -0.4 is 9.44 Å². The van der Waals surface area contributed by atoms with Gasteiger partial charge in [0.2, 0.25) is 0 Å². The van der Waals surface area contributed by atoms with Crippen molar-refractivity contribution < 1.29 is 36.9 Å². The maximum absolute atomic E-state index is 13.1. The van der Waals surface area contributed by atoms with E-state index in [0.717, 1.165) is 6.08 Å². The van der Waals surface area contributed by atoms with Gasteiger partial charge in [0, 0.05) is 18.2 Å². The van der Waals surface area contributed by atoms with Gasteiger partial charge in [-0.1, -0.05) is 24.3 Å². The third kappa shape index (κ3) is 5.15. The van der Waals surface area contributed by atoms with Crippen molar-refractivity contribution in [2.45, 2.75) is 9.79 Å². The molecular weight excluding hydrogens is 544 g/mol. The van der Waals surface area contributed by atoms with Crippen molar-refractivity contribution in [3.8, 4) is 22.6 Å². The lowest BCUT2D eigenvalue weighted by Gasteiger charge is -2.10. The number of benzene rings is 4. The number of hydrogen-bond donors (Lipinski definition) is 5. The number of hydrogen-bond acceptors (Lipinski definition) is 7. The Hall–Kier alpha value is -4.81. The van der Waals surface area contributed by atoms with Gasteiger partial charge in [-0.15, -0.1) is 0 Å². The van der Waals surface area contributed by atoms with Gasteiger partial charge in [0.05, 0.1) is 21.2 Å². The standard InChI is InChI=1S/C27H20N2O8S2/c30-18-5-1-3-16(11-18)28-38(34,35)20-7-9-22-23-10-8-21(14-25(23)26(15-27(32)33)24(22)13-20)39(36,37)29-17-4-2-6-19(31)12-17/h1-15,28-31H,(H,32,33). The fourth-order valence-electron chi connectivity index (χ4n) is 4.29. The zero-order valence-electron chi connectivity index (χ0n) is 19.9. The minimum absolute atomic E-state index is 0.129. The summed E-state index contributed by atoms with van der Waals surface area (Å²) in [4.78, 5) is 11.4. The molecule has 1 aliphatic carbocycles. The summed E-state index contributed by atoms with van der Waals surface area (Å²) in [6.45, 7) is 0. The van der Waals surface area contributed by atoms with Gasteiger partial charge in [-0.2, -0.15) is 0 Å². The third-order valence-corrected chi connectivity index (χ3v) is 8.70. The van der Waals surface area contributed by atoms with Crippen molar-refractivity contribution in [2.24, 2.45) is 0 Å². The van der Waals surface area contributed by atoms with Crippen LogP contribution in [0.5, 0.6) is 11.5 Å². The second kappa shape index (κ2) is 9.49. The van der Waals surface area contributed by atoms with Crippen molar-refractivity contribution >= 4 is 43.0 Å². The van der Waals surface area contributed by atoms with E-state index in [4.69, 9.17) is 0 Å². The van der Waals surface area contributed by atoms with E-state index < -0.39 is 26.0 Å². The Morgan fingerprint density at radius 3 is 1.44 bits per heavy atom. The quantitative estimate of drug-likeness (QED) is 0.183. The zero-order valence-corrected chi connectivity index (χ0v) is 21.5. The number of sulfonamides is 2. The second-order valence-corrected chi connectivity index (χ2v) is 12.0. The molecule has 0 saturated heterocycles. The molecule has 0 fully saturated rings. The molecule has 0 saturated carbocycles. The predicted molar refractivity (Wildman–Crippen MR) is 144 cm³/mol. The van der Waals surface area contributed by atoms with Gasteiger partial charge in [0.25, 0.3) is 20.0 Å². The van der Waals surface area contributed by atoms with Crippen LogP contribution in [0.2, 0.25) is 0 Å². The molecule has 5 rings (SSSR count). The summed E-state index contributed by atoms with van der Waals surface area (Å²) in [5, 5.41) is 28.8. The number of aromatic hydroxyl groups is 2. The fourth-order valence-corrected chi connectivity index (χ4v) is 6.44. The molecule has 0 unspecified atom stereocenters. The third-order valence-electron chi connectivity index (χ3n) is 5.94. The number of rotatable bonds is 7. The summed E-state index contributed by atoms with van der Waals surface area (Å²) < 4.78 is 57.0. The molecule has 10 nitrogen and oxygen atoms in total. The van der Waals surface area contributed by atoms with E-state index in [0.29, 0.717) is 22.3 Å². The molecule has 1 aliphatic rings. The molecule has 39 heavy (non-hydrogen) atoms. The highest BCUT2D eigenvalue weighted by molar-refractivity contribution is 7.93. The molecule has 0 atom stereocenters. The first-order chi connectivity index (χ1) is 18.4. The van der Waals surface area contributed by atoms with Crippen molar-refractivity contribution in [1.29, 1.82) is 0 Å². The first-order valence-corrected chi connectivity index (χ1v) is 14.3. The molecule has 0 aromatic heterocycles. The lowest BCUT2D eigenvalue weighted by molar-refractivity contribution is -0.131. The first kappa shape index (κ1) is 25.8. The van der Waals surface area contributed by atoms with Gasteiger partial charge >= 0.3 is 5.97 Å². The largest absolute Gasteiger partial charge is 0.508 e. The summed E-state index contributed by atoms with van der Waals surface area (Å²) in [7, 11) is -8.25. The summed E-state index contributed by atoms with van der Waals surface area (Å²) in [5.74, 6) is -1.56. The molecule has 0 aliphatic heterocycles. The number of anilines is 2. The molecule has 198 valence electrons. The Morgan fingerprint density at radius 1 is 0.615 bits per heavy atom. The summed E-state index contributed by atoms with van der Waals surface area (Å²) >= 11 is 0. The predicted octanol–water partition coefficient (Wildman–Crippen LogP) is 4.20. The van der Waals surface area contributed by atoms with Crippen LogP contribution in [-0.2, 0) is 24.8 Å². The number of carboxylic acids is 1. The van der Waals surface area contributed by atoms with E-state index in [-0.39, 0.29) is 38.2 Å². The SMILES string of the molecule is O=C(O)C=C1c2cc(S(=O)(=O)Nc3cccc(O)c3)ccc2-c2ccc(S(=O)(=O)Nc3cccc(O)c3)cc21. The second-order valence-electron chi connectivity index (χ2n) is 8.62. The fraction of sp³-hybridized carbons (Fsp3) is 0. The molecule has 5 N–H and O–H groups in total. The van der Waals surface area contributed by atoms with Crippen molar-refractivity contribution in [3.05, 3.63) is 102 Å². The van der Waals surface area contributed by atoms with Crippen molar-refractivity contribution in [3.63, 3.8) is 0 Å². The first-order valence-electron chi connectivity index (χ1n) is 11.3. The van der Waals surface area contributed by atoms with E-state index in [2.05, 4.69) is 9.44 Å². The monoisotopic (exact) mass is 564 g/mol. The van der Waals surface area contributed by atoms with Crippen LogP contribution in [0.3, 0.4) is 0 Å². The van der Waals surface area contributed by atoms with Gasteiger partial charge in [-0.25, -0.2) is 21.6 Å². The summed E-state index contributed by atoms with van der Waals surface area (Å²) in [5.41, 5.74) is 2.04. The number of aliphatic carboxylic acids is 1. The Kier molecular flexibility index (Phi) is 6.29. The van der Waals surface area contributed by atoms with E-state index in [1.807, 2.05) is 0 Å². The van der Waals surface area contributed by atoms with Crippen molar-refractivity contribution in [1.82, 2.24) is 0 Å². The zero-order chi connectivity index (χ0) is 27.9. The topological polar surface area (TPSA) is 170 Å². The van der Waals surface area contributed by atoms with Crippen LogP contribution >= 0.6 is 0 Å². The molecular formula is C27H20N2O8S2. The van der Waals surface area contributed by atoms with E-state index in [9.17, 15) is 36.9 Å². The number of carbonyl (C=O) groups is 1. The number of phenols is 2. The lowest BCUT2D eigenvalue weighted by Crippen LogP contribution is -2.13. The molecule has 4 aromatic rings. The van der Waals surface area contributed by atoms with Crippen LogP contribution in [0, 0.1) is 0 Å². The molecule has 12 heteroatoms. The summed E-state index contributed by atoms with van der Waals surface area (Å²) in [6, 6.07) is 19.5. The number of phenolic OH excluding ortho intramolecular Hbond substituents is 2. The van der Waals surface area contributed by atoms with Crippen LogP contribution in [0.4, 0.5) is 11.4 Å². The molecule has 4 aromatic carbocycles. The smallest absolute Gasteiger partial charge is 0.328 e. The molecule has 0 heterocycles. The highest BCUT2D eigenvalue weighted by Crippen LogP contribution is 2.46. The Bertz CT molecular complexity index is 1770. The van der Waals surface area contributed by atoms with E-state index in [1.54, 1.807) is 0 Å². The van der Waals surface area contributed by atoms with Crippen LogP contribution in [0.15, 0.2) is 101 Å². The summed E-state index contributed by atoms with van der Waals surface area (Å²) in [6.07, 6.45) is 0.892. The minimum Gasteiger partial charge on any atom is -0.508 e. The minimum atomic E-state index is -4.12. The van der Waals surface area contributed by atoms with Gasteiger partial charge in [-0.05, 0) is 76.4 Å². The van der Waals surface area contributed by atoms with E-state index in [1.165, 1.54) is 84.9 Å². The Balaban J connectivity index is 1.55. The van der Waals surface area contributed by atoms with E-state index >= 15 is 0 Å². The molecule has 0 radical (unpaired) electrons. The molecule has 0 spiro atoms. The van der Waals surface area contributed by atoms with Gasteiger partial charge in [0.15, 0.2) is 0 Å². The van der Waals surface area contributed by atoms with Crippen LogP contribution in [-0.4, -0.2) is 38.1 Å². The highest BCUT2D eigenvalue weighted by atomic mass is 32.2. The number of carboxylic acid groups (broad SMARTS) is 1. The number of nitrogens with one attached hydrogen (secondary N) is 2. The molecule has 0 bridgehead atoms. The maximum Gasteiger partial charge on any atom is 0.328 e. The van der Waals surface area contributed by atoms with Crippen LogP contribution in [0.25, 0.3) is 16.7 Å². The average molecular weight is 565 g/mol. The highest BCUT2D eigenvalue weighted by Gasteiger charge is 2.29. The molecule has 0 amide bonds. The van der Waals surface area contributed by atoms with Crippen LogP contribution in [0.1, 0.15) is 11.1 Å². The van der Waals surface area contributed by atoms with Gasteiger partial charge in [0.1, 0.15) is 11.5 Å². The Labute approximate surface area is 223 Å². The normalized spacial score (nSPS) is 12.4.